The van der Waals surface area contributed by atoms with Crippen molar-refractivity contribution in [1.29, 1.82) is 0 Å². The Balaban J connectivity index is 1.85. The lowest BCUT2D eigenvalue weighted by Gasteiger charge is -2.35. The van der Waals surface area contributed by atoms with E-state index >= 15 is 0 Å². The molecule has 0 atom stereocenters. The molecule has 0 heterocycles. The largest absolute Gasteiger partial charge is 0.469 e. The number of hydrogen-bond donors (Lipinski definition) is 2. The molecule has 0 aliphatic heterocycles. The van der Waals surface area contributed by atoms with Gasteiger partial charge >= 0.3 is 5.97 Å². The van der Waals surface area contributed by atoms with E-state index in [1.54, 1.807) is 24.3 Å². The molecule has 0 radical (unpaired) electrons. The van der Waals surface area contributed by atoms with Gasteiger partial charge in [-0.15, -0.1) is 0 Å². The van der Waals surface area contributed by atoms with Gasteiger partial charge in [-0.25, -0.2) is 0 Å². The second-order valence-electron chi connectivity index (χ2n) is 5.71. The van der Waals surface area contributed by atoms with Crippen LogP contribution in [-0.2, 0) is 9.53 Å². The van der Waals surface area contributed by atoms with Crippen molar-refractivity contribution in [2.75, 3.05) is 13.7 Å². The molecular formula is C16H20BrNO4. The van der Waals surface area contributed by atoms with Gasteiger partial charge in [-0.2, -0.15) is 0 Å². The van der Waals surface area contributed by atoms with Gasteiger partial charge in [-0.05, 0) is 49.9 Å². The van der Waals surface area contributed by atoms with Gasteiger partial charge in [-0.1, -0.05) is 15.9 Å². The first kappa shape index (κ1) is 17.0. The third-order valence-corrected chi connectivity index (χ3v) is 4.66. The summed E-state index contributed by atoms with van der Waals surface area (Å²) in [4.78, 5) is 23.5. The fraction of sp³-hybridized carbons (Fsp3) is 0.500. The highest BCUT2D eigenvalue weighted by Crippen LogP contribution is 2.32. The zero-order valence-electron chi connectivity index (χ0n) is 12.5. The number of hydrogen-bond acceptors (Lipinski definition) is 4. The number of aliphatic hydroxyl groups is 1. The van der Waals surface area contributed by atoms with Crippen molar-refractivity contribution in [2.24, 2.45) is 5.92 Å². The molecule has 0 saturated heterocycles. The number of carbonyl (C=O) groups is 2. The highest BCUT2D eigenvalue weighted by Gasteiger charge is 2.36. The van der Waals surface area contributed by atoms with Crippen molar-refractivity contribution in [1.82, 2.24) is 5.32 Å². The van der Waals surface area contributed by atoms with E-state index in [4.69, 9.17) is 4.74 Å². The first-order chi connectivity index (χ1) is 10.4. The SMILES string of the molecule is COC(=O)C1CCC(O)(CNC(=O)c2ccc(Br)cc2)CC1. The van der Waals surface area contributed by atoms with Gasteiger partial charge in [-0.3, -0.25) is 9.59 Å². The van der Waals surface area contributed by atoms with Gasteiger partial charge in [0.15, 0.2) is 0 Å². The second-order valence-corrected chi connectivity index (χ2v) is 6.63. The molecule has 0 aromatic heterocycles. The van der Waals surface area contributed by atoms with Crippen LogP contribution in [0.25, 0.3) is 0 Å². The predicted octanol–water partition coefficient (Wildman–Crippen LogP) is 2.27. The van der Waals surface area contributed by atoms with E-state index in [2.05, 4.69) is 21.2 Å². The molecule has 1 saturated carbocycles. The first-order valence-corrected chi connectivity index (χ1v) is 8.07. The molecule has 2 N–H and O–H groups in total. The Labute approximate surface area is 138 Å². The molecule has 1 amide bonds. The minimum Gasteiger partial charge on any atom is -0.469 e. The topological polar surface area (TPSA) is 75.6 Å². The number of carbonyl (C=O) groups excluding carboxylic acids is 2. The van der Waals surface area contributed by atoms with Crippen LogP contribution in [0.1, 0.15) is 36.0 Å². The van der Waals surface area contributed by atoms with Crippen LogP contribution in [0.4, 0.5) is 0 Å². The number of methoxy groups -OCH3 is 1. The Hall–Kier alpha value is -1.40. The molecule has 2 rings (SSSR count). The molecule has 1 aromatic carbocycles. The van der Waals surface area contributed by atoms with Crippen molar-refractivity contribution in [2.45, 2.75) is 31.3 Å². The third kappa shape index (κ3) is 4.30. The van der Waals surface area contributed by atoms with Crippen LogP contribution in [0.5, 0.6) is 0 Å². The fourth-order valence-corrected chi connectivity index (χ4v) is 2.95. The van der Waals surface area contributed by atoms with Crippen LogP contribution < -0.4 is 5.32 Å². The Bertz CT molecular complexity index is 536. The average Bonchev–Trinajstić information content (AvgIpc) is 2.53. The van der Waals surface area contributed by atoms with Crippen molar-refractivity contribution < 1.29 is 19.4 Å². The molecule has 0 spiro atoms. The number of halogens is 1. The highest BCUT2D eigenvalue weighted by atomic mass is 79.9. The summed E-state index contributed by atoms with van der Waals surface area (Å²) in [6.45, 7) is 0.190. The van der Waals surface area contributed by atoms with Gasteiger partial charge < -0.3 is 15.2 Å². The Morgan fingerprint density at radius 1 is 1.32 bits per heavy atom. The summed E-state index contributed by atoms with van der Waals surface area (Å²) in [5.41, 5.74) is -0.398. The zero-order valence-corrected chi connectivity index (χ0v) is 14.1. The molecule has 120 valence electrons. The normalized spacial score (nSPS) is 24.6. The summed E-state index contributed by atoms with van der Waals surface area (Å²) in [6, 6.07) is 7.03. The summed E-state index contributed by atoms with van der Waals surface area (Å²) >= 11 is 3.32. The maximum atomic E-state index is 12.0. The predicted molar refractivity (Wildman–Crippen MR) is 85.4 cm³/mol. The molecule has 22 heavy (non-hydrogen) atoms. The molecule has 1 aliphatic carbocycles. The lowest BCUT2D eigenvalue weighted by atomic mass is 9.78. The molecule has 5 nitrogen and oxygen atoms in total. The smallest absolute Gasteiger partial charge is 0.308 e. The monoisotopic (exact) mass is 369 g/mol. The fourth-order valence-electron chi connectivity index (χ4n) is 2.68. The molecule has 1 aliphatic rings. The van der Waals surface area contributed by atoms with Gasteiger partial charge in [0, 0.05) is 16.6 Å². The maximum absolute atomic E-state index is 12.0. The number of rotatable bonds is 4. The second kappa shape index (κ2) is 7.24. The number of nitrogens with one attached hydrogen (secondary N) is 1. The zero-order chi connectivity index (χ0) is 16.2. The average molecular weight is 370 g/mol. The minimum absolute atomic E-state index is 0.146. The van der Waals surface area contributed by atoms with E-state index in [1.807, 2.05) is 0 Å². The van der Waals surface area contributed by atoms with Crippen molar-refractivity contribution in [3.63, 3.8) is 0 Å². The van der Waals surface area contributed by atoms with Crippen LogP contribution in [0.2, 0.25) is 0 Å². The van der Waals surface area contributed by atoms with Gasteiger partial charge in [0.05, 0.1) is 18.6 Å². The molecule has 1 fully saturated rings. The Morgan fingerprint density at radius 3 is 2.45 bits per heavy atom. The van der Waals surface area contributed by atoms with Gasteiger partial charge in [0.25, 0.3) is 5.91 Å². The lowest BCUT2D eigenvalue weighted by molar-refractivity contribution is -0.148. The van der Waals surface area contributed by atoms with Crippen molar-refractivity contribution in [3.8, 4) is 0 Å². The van der Waals surface area contributed by atoms with Crippen LogP contribution in [-0.4, -0.2) is 36.2 Å². The molecule has 0 unspecified atom stereocenters. The minimum atomic E-state index is -0.949. The molecule has 0 bridgehead atoms. The summed E-state index contributed by atoms with van der Waals surface area (Å²) in [5, 5.41) is 13.3. The van der Waals surface area contributed by atoms with E-state index < -0.39 is 5.60 Å². The maximum Gasteiger partial charge on any atom is 0.308 e. The molecule has 1 aromatic rings. The highest BCUT2D eigenvalue weighted by molar-refractivity contribution is 9.10. The summed E-state index contributed by atoms with van der Waals surface area (Å²) < 4.78 is 5.64. The summed E-state index contributed by atoms with van der Waals surface area (Å²) in [5.74, 6) is -0.579. The number of ether oxygens (including phenoxy) is 1. The Kier molecular flexibility index (Phi) is 5.58. The first-order valence-electron chi connectivity index (χ1n) is 7.27. The van der Waals surface area contributed by atoms with Crippen LogP contribution in [0.15, 0.2) is 28.7 Å². The number of benzene rings is 1. The van der Waals surface area contributed by atoms with E-state index in [1.165, 1.54) is 7.11 Å². The van der Waals surface area contributed by atoms with Gasteiger partial charge in [0.2, 0.25) is 0 Å². The third-order valence-electron chi connectivity index (χ3n) is 4.14. The summed E-state index contributed by atoms with van der Waals surface area (Å²) in [6.07, 6.45) is 2.12. The molecule has 6 heteroatoms. The van der Waals surface area contributed by atoms with Crippen LogP contribution >= 0.6 is 15.9 Å². The van der Waals surface area contributed by atoms with E-state index in [-0.39, 0.29) is 24.3 Å². The lowest BCUT2D eigenvalue weighted by Crippen LogP contribution is -2.46. The molecular weight excluding hydrogens is 350 g/mol. The number of amides is 1. The van der Waals surface area contributed by atoms with Crippen LogP contribution in [0.3, 0.4) is 0 Å². The van der Waals surface area contributed by atoms with Crippen molar-refractivity contribution >= 4 is 27.8 Å². The standard InChI is InChI=1S/C16H20BrNO4/c1-22-15(20)12-6-8-16(21,9-7-12)10-18-14(19)11-2-4-13(17)5-3-11/h2-5,12,21H,6-10H2,1H3,(H,18,19). The van der Waals surface area contributed by atoms with E-state index in [9.17, 15) is 14.7 Å². The van der Waals surface area contributed by atoms with Crippen molar-refractivity contribution in [3.05, 3.63) is 34.3 Å². The quantitative estimate of drug-likeness (QED) is 0.798. The van der Waals surface area contributed by atoms with Crippen LogP contribution in [0, 0.1) is 5.92 Å². The Morgan fingerprint density at radius 2 is 1.91 bits per heavy atom. The number of esters is 1. The summed E-state index contributed by atoms with van der Waals surface area (Å²) in [7, 11) is 1.38. The van der Waals surface area contributed by atoms with E-state index in [0.717, 1.165) is 4.47 Å². The van der Waals surface area contributed by atoms with Gasteiger partial charge in [0.1, 0.15) is 0 Å². The van der Waals surface area contributed by atoms with E-state index in [0.29, 0.717) is 31.2 Å².